The fourth-order valence-corrected chi connectivity index (χ4v) is 4.46. The van der Waals surface area contributed by atoms with E-state index in [0.717, 1.165) is 43.7 Å². The summed E-state index contributed by atoms with van der Waals surface area (Å²) in [4.78, 5) is 19.5. The number of benzene rings is 2. The van der Waals surface area contributed by atoms with Crippen LogP contribution < -0.4 is 5.32 Å². The third-order valence-electron chi connectivity index (χ3n) is 6.44. The number of halogens is 1. The highest BCUT2D eigenvalue weighted by molar-refractivity contribution is 5.94. The van der Waals surface area contributed by atoms with E-state index in [1.807, 2.05) is 24.0 Å². The van der Waals surface area contributed by atoms with Gasteiger partial charge in [-0.2, -0.15) is 5.10 Å². The van der Waals surface area contributed by atoms with Crippen molar-refractivity contribution in [2.75, 3.05) is 13.1 Å². The molecule has 1 N–H and O–H groups in total. The van der Waals surface area contributed by atoms with Gasteiger partial charge in [0.2, 0.25) is 0 Å². The first-order chi connectivity index (χ1) is 17.0. The highest BCUT2D eigenvalue weighted by atomic mass is 19.1. The van der Waals surface area contributed by atoms with Gasteiger partial charge in [-0.3, -0.25) is 19.4 Å². The molecule has 4 aromatic rings. The van der Waals surface area contributed by atoms with E-state index in [1.165, 1.54) is 17.7 Å². The van der Waals surface area contributed by atoms with Gasteiger partial charge in [-0.05, 0) is 48.7 Å². The molecule has 2 aromatic heterocycles. The van der Waals surface area contributed by atoms with Crippen molar-refractivity contribution in [1.82, 2.24) is 25.0 Å². The average Bonchev–Trinajstić information content (AvgIpc) is 3.32. The number of amides is 1. The van der Waals surface area contributed by atoms with Crippen LogP contribution in [0.4, 0.5) is 4.39 Å². The number of carbonyl (C=O) groups is 1. The van der Waals surface area contributed by atoms with Gasteiger partial charge >= 0.3 is 0 Å². The summed E-state index contributed by atoms with van der Waals surface area (Å²) in [7, 11) is 1.92. The van der Waals surface area contributed by atoms with E-state index < -0.39 is 0 Å². The van der Waals surface area contributed by atoms with Gasteiger partial charge in [0.25, 0.3) is 5.91 Å². The monoisotopic (exact) mass is 469 g/mol. The van der Waals surface area contributed by atoms with Gasteiger partial charge in [-0.15, -0.1) is 0 Å². The van der Waals surface area contributed by atoms with Crippen molar-refractivity contribution in [3.05, 3.63) is 96.1 Å². The molecule has 1 aliphatic rings. The second-order valence-corrected chi connectivity index (χ2v) is 9.04. The number of piperidine rings is 1. The Morgan fingerprint density at radius 3 is 2.46 bits per heavy atom. The molecule has 1 fully saturated rings. The molecule has 178 valence electrons. The molecule has 1 amide bonds. The molecule has 6 nitrogen and oxygen atoms in total. The van der Waals surface area contributed by atoms with Crippen LogP contribution in [0.5, 0.6) is 0 Å². The van der Waals surface area contributed by atoms with Crippen LogP contribution in [0.25, 0.3) is 22.5 Å². The molecule has 0 bridgehead atoms. The second kappa shape index (κ2) is 10.2. The summed E-state index contributed by atoms with van der Waals surface area (Å²) in [6.45, 7) is 2.77. The number of nitrogens with one attached hydrogen (secondary N) is 1. The molecule has 0 radical (unpaired) electrons. The van der Waals surface area contributed by atoms with Gasteiger partial charge in [-0.25, -0.2) is 4.39 Å². The van der Waals surface area contributed by atoms with Crippen LogP contribution in [-0.4, -0.2) is 44.7 Å². The van der Waals surface area contributed by atoms with E-state index >= 15 is 0 Å². The Labute approximate surface area is 204 Å². The maximum atomic E-state index is 13.5. The summed E-state index contributed by atoms with van der Waals surface area (Å²) in [6, 6.07) is 20.5. The van der Waals surface area contributed by atoms with Crippen molar-refractivity contribution in [3.63, 3.8) is 0 Å². The first-order valence-electron chi connectivity index (χ1n) is 11.9. The van der Waals surface area contributed by atoms with Crippen LogP contribution in [0.2, 0.25) is 0 Å². The van der Waals surface area contributed by atoms with Gasteiger partial charge in [0.1, 0.15) is 5.82 Å². The van der Waals surface area contributed by atoms with Crippen LogP contribution >= 0.6 is 0 Å². The minimum atomic E-state index is -0.307. The predicted molar refractivity (Wildman–Crippen MR) is 134 cm³/mol. The van der Waals surface area contributed by atoms with E-state index in [2.05, 4.69) is 44.6 Å². The Hall–Kier alpha value is -3.84. The second-order valence-electron chi connectivity index (χ2n) is 9.04. The molecular formula is C28H28FN5O. The molecule has 1 saturated heterocycles. The molecule has 35 heavy (non-hydrogen) atoms. The molecule has 0 saturated carbocycles. The van der Waals surface area contributed by atoms with Crippen molar-refractivity contribution in [3.8, 4) is 22.5 Å². The molecule has 2 aromatic carbocycles. The van der Waals surface area contributed by atoms with E-state index in [9.17, 15) is 9.18 Å². The largest absolute Gasteiger partial charge is 0.349 e. The Kier molecular flexibility index (Phi) is 6.68. The first-order valence-corrected chi connectivity index (χ1v) is 11.9. The van der Waals surface area contributed by atoms with Gasteiger partial charge in [0.15, 0.2) is 0 Å². The number of pyridine rings is 1. The quantitative estimate of drug-likeness (QED) is 0.445. The molecule has 0 atom stereocenters. The number of aryl methyl sites for hydroxylation is 1. The molecular weight excluding hydrogens is 441 g/mol. The maximum Gasteiger partial charge on any atom is 0.253 e. The number of hydrogen-bond donors (Lipinski definition) is 1. The van der Waals surface area contributed by atoms with Gasteiger partial charge in [0, 0.05) is 56.2 Å². The standard InChI is InChI=1S/C28H28FN5O/c1-33-14-13-27(32-33)21-7-5-20(6-8-21)19-34-15-11-25(12-16-34)31-28(35)23-9-10-26(30-18-23)22-3-2-4-24(29)17-22/h2-10,13-14,17-18,25H,11-12,15-16,19H2,1H3,(H,31,35). The Morgan fingerprint density at radius 1 is 1.00 bits per heavy atom. The molecule has 0 spiro atoms. The van der Waals surface area contributed by atoms with Crippen LogP contribution in [0.1, 0.15) is 28.8 Å². The lowest BCUT2D eigenvalue weighted by Gasteiger charge is -2.32. The third-order valence-corrected chi connectivity index (χ3v) is 6.44. The first kappa shape index (κ1) is 22.9. The molecule has 7 heteroatoms. The van der Waals surface area contributed by atoms with Gasteiger partial charge in [0.05, 0.1) is 17.0 Å². The average molecular weight is 470 g/mol. The lowest BCUT2D eigenvalue weighted by atomic mass is 10.0. The number of aromatic nitrogens is 3. The van der Waals surface area contributed by atoms with Crippen LogP contribution in [0.15, 0.2) is 79.1 Å². The highest BCUT2D eigenvalue weighted by Crippen LogP contribution is 2.21. The summed E-state index contributed by atoms with van der Waals surface area (Å²) in [6.07, 6.45) is 5.32. The lowest BCUT2D eigenvalue weighted by Crippen LogP contribution is -2.44. The summed E-state index contributed by atoms with van der Waals surface area (Å²) < 4.78 is 15.3. The van der Waals surface area contributed by atoms with E-state index in [-0.39, 0.29) is 17.8 Å². The normalized spacial score (nSPS) is 14.7. The third kappa shape index (κ3) is 5.63. The number of hydrogen-bond acceptors (Lipinski definition) is 4. The number of rotatable bonds is 6. The van der Waals surface area contributed by atoms with Crippen LogP contribution in [0.3, 0.4) is 0 Å². The molecule has 5 rings (SSSR count). The zero-order chi connectivity index (χ0) is 24.2. The topological polar surface area (TPSA) is 63.0 Å². The highest BCUT2D eigenvalue weighted by Gasteiger charge is 2.21. The fourth-order valence-electron chi connectivity index (χ4n) is 4.46. The Bertz CT molecular complexity index is 1290. The van der Waals surface area contributed by atoms with E-state index in [1.54, 1.807) is 30.5 Å². The van der Waals surface area contributed by atoms with Crippen LogP contribution in [-0.2, 0) is 13.6 Å². The summed E-state index contributed by atoms with van der Waals surface area (Å²) in [5.74, 6) is -0.425. The van der Waals surface area contributed by atoms with Gasteiger partial charge in [-0.1, -0.05) is 36.4 Å². The molecule has 0 unspecified atom stereocenters. The number of nitrogens with zero attached hydrogens (tertiary/aromatic N) is 4. The van der Waals surface area contributed by atoms with Crippen LogP contribution in [0, 0.1) is 5.82 Å². The Morgan fingerprint density at radius 2 is 1.80 bits per heavy atom. The predicted octanol–water partition coefficient (Wildman–Crippen LogP) is 4.68. The van der Waals surface area contributed by atoms with E-state index in [4.69, 9.17) is 0 Å². The van der Waals surface area contributed by atoms with Crippen molar-refractivity contribution < 1.29 is 9.18 Å². The number of likely N-dealkylation sites (tertiary alicyclic amines) is 1. The number of carbonyl (C=O) groups excluding carboxylic acids is 1. The maximum absolute atomic E-state index is 13.5. The zero-order valence-electron chi connectivity index (χ0n) is 19.7. The summed E-state index contributed by atoms with van der Waals surface area (Å²) in [5.41, 5.74) is 5.22. The fraction of sp³-hybridized carbons (Fsp3) is 0.250. The molecule has 0 aliphatic carbocycles. The van der Waals surface area contributed by atoms with Gasteiger partial charge < -0.3 is 5.32 Å². The SMILES string of the molecule is Cn1ccc(-c2ccc(CN3CCC(NC(=O)c4ccc(-c5cccc(F)c5)nc4)CC3)cc2)n1. The van der Waals surface area contributed by atoms with Crippen molar-refractivity contribution >= 4 is 5.91 Å². The minimum absolute atomic E-state index is 0.119. The minimum Gasteiger partial charge on any atom is -0.349 e. The van der Waals surface area contributed by atoms with E-state index in [0.29, 0.717) is 16.8 Å². The van der Waals surface area contributed by atoms with Crippen molar-refractivity contribution in [2.45, 2.75) is 25.4 Å². The lowest BCUT2D eigenvalue weighted by molar-refractivity contribution is 0.0908. The Balaban J connectivity index is 1.11. The van der Waals surface area contributed by atoms with Crippen molar-refractivity contribution in [2.24, 2.45) is 7.05 Å². The summed E-state index contributed by atoms with van der Waals surface area (Å²) in [5, 5.41) is 7.60. The molecule has 3 heterocycles. The smallest absolute Gasteiger partial charge is 0.253 e. The molecule has 1 aliphatic heterocycles. The van der Waals surface area contributed by atoms with Crippen molar-refractivity contribution in [1.29, 1.82) is 0 Å². The zero-order valence-corrected chi connectivity index (χ0v) is 19.7. The summed E-state index contributed by atoms with van der Waals surface area (Å²) >= 11 is 0.